The van der Waals surface area contributed by atoms with Crippen LogP contribution in [0.3, 0.4) is 0 Å². The van der Waals surface area contributed by atoms with E-state index in [1.807, 2.05) is 0 Å². The van der Waals surface area contributed by atoms with Gasteiger partial charge in [0.1, 0.15) is 5.78 Å². The summed E-state index contributed by atoms with van der Waals surface area (Å²) in [7, 11) is -0.578. The number of rotatable bonds is 2. The standard InChI is InChI=1S/C5H12OSi/c1-5(6)4-7(2)3/h7H,4H2,1-3H3. The normalized spacial score (nSPS) is 9.71. The molecule has 0 aliphatic carbocycles. The van der Waals surface area contributed by atoms with Crippen molar-refractivity contribution in [3.63, 3.8) is 0 Å². The van der Waals surface area contributed by atoms with Crippen LogP contribution in [0.1, 0.15) is 6.92 Å². The fourth-order valence-electron chi connectivity index (χ4n) is 0.575. The molecule has 0 aromatic rings. The van der Waals surface area contributed by atoms with Crippen molar-refractivity contribution in [2.24, 2.45) is 0 Å². The summed E-state index contributed by atoms with van der Waals surface area (Å²) in [5, 5.41) is 0. The van der Waals surface area contributed by atoms with E-state index in [2.05, 4.69) is 13.1 Å². The largest absolute Gasteiger partial charge is 0.300 e. The molecule has 0 aromatic carbocycles. The first kappa shape index (κ1) is 6.89. The van der Waals surface area contributed by atoms with E-state index in [1.165, 1.54) is 0 Å². The molecule has 0 saturated carbocycles. The molecule has 0 N–H and O–H groups in total. The molecule has 0 saturated heterocycles. The van der Waals surface area contributed by atoms with Gasteiger partial charge in [-0.2, -0.15) is 0 Å². The summed E-state index contributed by atoms with van der Waals surface area (Å²) >= 11 is 0. The van der Waals surface area contributed by atoms with Crippen LogP contribution in [0.15, 0.2) is 0 Å². The average Bonchev–Trinajstić information content (AvgIpc) is 1.27. The lowest BCUT2D eigenvalue weighted by Gasteiger charge is -1.93. The molecule has 0 aromatic heterocycles. The lowest BCUT2D eigenvalue weighted by Crippen LogP contribution is -2.04. The molecule has 0 rings (SSSR count). The van der Waals surface area contributed by atoms with Gasteiger partial charge in [0.05, 0.1) is 0 Å². The van der Waals surface area contributed by atoms with Crippen LogP contribution in [0.4, 0.5) is 0 Å². The molecule has 0 bridgehead atoms. The van der Waals surface area contributed by atoms with Gasteiger partial charge >= 0.3 is 0 Å². The molecule has 0 aliphatic rings. The Morgan fingerprint density at radius 1 is 1.57 bits per heavy atom. The Morgan fingerprint density at radius 3 is 2.00 bits per heavy atom. The van der Waals surface area contributed by atoms with Crippen LogP contribution in [0.2, 0.25) is 19.1 Å². The zero-order valence-electron chi connectivity index (χ0n) is 5.19. The highest BCUT2D eigenvalue weighted by Gasteiger charge is 1.97. The topological polar surface area (TPSA) is 17.1 Å². The fraction of sp³-hybridized carbons (Fsp3) is 0.800. The van der Waals surface area contributed by atoms with Crippen molar-refractivity contribution in [1.82, 2.24) is 0 Å². The Bertz CT molecular complexity index is 68.5. The average molecular weight is 116 g/mol. The van der Waals surface area contributed by atoms with Gasteiger partial charge in [0.2, 0.25) is 0 Å². The van der Waals surface area contributed by atoms with E-state index >= 15 is 0 Å². The summed E-state index contributed by atoms with van der Waals surface area (Å²) in [5.41, 5.74) is 0. The van der Waals surface area contributed by atoms with E-state index in [0.717, 1.165) is 6.04 Å². The van der Waals surface area contributed by atoms with Gasteiger partial charge in [0, 0.05) is 8.80 Å². The van der Waals surface area contributed by atoms with Crippen molar-refractivity contribution < 1.29 is 4.79 Å². The second kappa shape index (κ2) is 2.96. The molecule has 42 valence electrons. The minimum Gasteiger partial charge on any atom is -0.300 e. The van der Waals surface area contributed by atoms with Crippen molar-refractivity contribution in [3.8, 4) is 0 Å². The van der Waals surface area contributed by atoms with Crippen LogP contribution in [0.25, 0.3) is 0 Å². The molecular weight excluding hydrogens is 104 g/mol. The molecular formula is C5H12OSi. The predicted molar refractivity (Wildman–Crippen MR) is 34.4 cm³/mol. The van der Waals surface area contributed by atoms with Gasteiger partial charge < -0.3 is 4.79 Å². The predicted octanol–water partition coefficient (Wildman–Crippen LogP) is 1.06. The number of hydrogen-bond donors (Lipinski definition) is 0. The van der Waals surface area contributed by atoms with Gasteiger partial charge in [-0.25, -0.2) is 0 Å². The Labute approximate surface area is 46.3 Å². The maximum absolute atomic E-state index is 10.3. The van der Waals surface area contributed by atoms with Crippen molar-refractivity contribution in [2.45, 2.75) is 26.1 Å². The van der Waals surface area contributed by atoms with Crippen LogP contribution in [-0.2, 0) is 4.79 Å². The van der Waals surface area contributed by atoms with E-state index in [4.69, 9.17) is 0 Å². The summed E-state index contributed by atoms with van der Waals surface area (Å²) in [6.45, 7) is 6.02. The van der Waals surface area contributed by atoms with E-state index in [0.29, 0.717) is 5.78 Å². The Kier molecular flexibility index (Phi) is 2.92. The SMILES string of the molecule is CC(=O)C[SiH](C)C. The molecule has 1 nitrogen and oxygen atoms in total. The van der Waals surface area contributed by atoms with Crippen LogP contribution in [0.5, 0.6) is 0 Å². The van der Waals surface area contributed by atoms with Gasteiger partial charge in [0.15, 0.2) is 0 Å². The molecule has 0 unspecified atom stereocenters. The monoisotopic (exact) mass is 116 g/mol. The van der Waals surface area contributed by atoms with Gasteiger partial charge in [-0.05, 0) is 13.0 Å². The molecule has 0 aliphatic heterocycles. The number of hydrogen-bond acceptors (Lipinski definition) is 1. The van der Waals surface area contributed by atoms with Crippen LogP contribution in [-0.4, -0.2) is 14.6 Å². The van der Waals surface area contributed by atoms with E-state index in [1.54, 1.807) is 6.92 Å². The van der Waals surface area contributed by atoms with Gasteiger partial charge in [-0.1, -0.05) is 13.1 Å². The number of carbonyl (C=O) groups is 1. The maximum atomic E-state index is 10.3. The third-order valence-corrected chi connectivity index (χ3v) is 2.09. The highest BCUT2D eigenvalue weighted by Crippen LogP contribution is 1.89. The maximum Gasteiger partial charge on any atom is 0.126 e. The first-order valence-corrected chi connectivity index (χ1v) is 5.75. The van der Waals surface area contributed by atoms with Crippen LogP contribution >= 0.6 is 0 Å². The Balaban J connectivity index is 3.13. The molecule has 7 heavy (non-hydrogen) atoms. The number of carbonyl (C=O) groups excluding carboxylic acids is 1. The van der Waals surface area contributed by atoms with Crippen molar-refractivity contribution in [2.75, 3.05) is 0 Å². The van der Waals surface area contributed by atoms with Gasteiger partial charge in [-0.3, -0.25) is 0 Å². The summed E-state index contributed by atoms with van der Waals surface area (Å²) in [6.07, 6.45) is 0. The van der Waals surface area contributed by atoms with Gasteiger partial charge in [0.25, 0.3) is 0 Å². The first-order valence-electron chi connectivity index (χ1n) is 2.62. The summed E-state index contributed by atoms with van der Waals surface area (Å²) in [4.78, 5) is 10.3. The molecule has 2 heteroatoms. The first-order chi connectivity index (χ1) is 3.13. The highest BCUT2D eigenvalue weighted by atomic mass is 28.3. The zero-order chi connectivity index (χ0) is 5.86. The van der Waals surface area contributed by atoms with Crippen molar-refractivity contribution in [1.29, 1.82) is 0 Å². The Hall–Kier alpha value is -0.113. The van der Waals surface area contributed by atoms with E-state index < -0.39 is 8.80 Å². The van der Waals surface area contributed by atoms with Crippen LogP contribution < -0.4 is 0 Å². The lowest BCUT2D eigenvalue weighted by molar-refractivity contribution is -0.115. The third-order valence-electron chi connectivity index (χ3n) is 0.696. The van der Waals surface area contributed by atoms with Crippen molar-refractivity contribution in [3.05, 3.63) is 0 Å². The molecule has 0 fully saturated rings. The molecule has 0 heterocycles. The minimum absolute atomic E-state index is 0.349. The summed E-state index contributed by atoms with van der Waals surface area (Å²) < 4.78 is 0. The van der Waals surface area contributed by atoms with E-state index in [-0.39, 0.29) is 0 Å². The van der Waals surface area contributed by atoms with Crippen molar-refractivity contribution >= 4 is 14.6 Å². The third kappa shape index (κ3) is 5.89. The number of Topliss-reactive ketones (excluding diaryl/α,β-unsaturated/α-hetero) is 1. The highest BCUT2D eigenvalue weighted by molar-refractivity contribution is 6.59. The Morgan fingerprint density at radius 2 is 2.00 bits per heavy atom. The molecule has 0 spiro atoms. The smallest absolute Gasteiger partial charge is 0.126 e. The zero-order valence-corrected chi connectivity index (χ0v) is 6.35. The summed E-state index contributed by atoms with van der Waals surface area (Å²) in [5.74, 6) is 0.349. The molecule has 0 radical (unpaired) electrons. The van der Waals surface area contributed by atoms with Crippen LogP contribution in [0, 0.1) is 0 Å². The fourth-order valence-corrected chi connectivity index (χ4v) is 1.72. The minimum atomic E-state index is -0.578. The van der Waals surface area contributed by atoms with E-state index in [9.17, 15) is 4.79 Å². The number of ketones is 1. The molecule has 0 atom stereocenters. The lowest BCUT2D eigenvalue weighted by atomic mass is 10.5. The molecule has 0 amide bonds. The summed E-state index contributed by atoms with van der Waals surface area (Å²) in [6, 6.07) is 0.861. The second-order valence-corrected chi connectivity index (χ2v) is 5.50. The quantitative estimate of drug-likeness (QED) is 0.493. The van der Waals surface area contributed by atoms with Gasteiger partial charge in [-0.15, -0.1) is 0 Å². The second-order valence-electron chi connectivity index (χ2n) is 2.30.